The van der Waals surface area contributed by atoms with Gasteiger partial charge >= 0.3 is 12.1 Å². The summed E-state index contributed by atoms with van der Waals surface area (Å²) < 4.78 is 61.3. The van der Waals surface area contributed by atoms with Gasteiger partial charge in [-0.15, -0.1) is 16.4 Å². The number of nitrogens with zero attached hydrogens (tertiary/aromatic N) is 3. The van der Waals surface area contributed by atoms with Crippen molar-refractivity contribution >= 4 is 52.0 Å². The number of nitrogens with one attached hydrogen (secondary N) is 2. The monoisotopic (exact) mass is 540 g/mol. The Labute approximate surface area is 203 Å². The van der Waals surface area contributed by atoms with E-state index < -0.39 is 36.1 Å². The predicted molar refractivity (Wildman–Crippen MR) is 118 cm³/mol. The maximum absolute atomic E-state index is 13.9. The molecule has 1 aliphatic rings. The van der Waals surface area contributed by atoms with Crippen molar-refractivity contribution in [2.24, 2.45) is 5.73 Å². The van der Waals surface area contributed by atoms with E-state index in [1.54, 1.807) is 23.6 Å². The Kier molecular flexibility index (Phi) is 7.81. The third kappa shape index (κ3) is 6.35. The fourth-order valence-electron chi connectivity index (χ4n) is 3.23. The number of carboxylic acid groups (broad SMARTS) is 1. The second-order valence-corrected chi connectivity index (χ2v) is 8.95. The first-order valence-corrected chi connectivity index (χ1v) is 11.1. The molecule has 9 nitrogen and oxygen atoms in total. The van der Waals surface area contributed by atoms with Gasteiger partial charge in [-0.25, -0.2) is 23.1 Å². The van der Waals surface area contributed by atoms with Crippen LogP contribution in [0.5, 0.6) is 0 Å². The lowest BCUT2D eigenvalue weighted by Gasteiger charge is -2.35. The summed E-state index contributed by atoms with van der Waals surface area (Å²) in [4.78, 5) is 25.6. The van der Waals surface area contributed by atoms with E-state index in [0.29, 0.717) is 28.4 Å². The highest BCUT2D eigenvalue weighted by Gasteiger charge is 2.45. The van der Waals surface area contributed by atoms with Gasteiger partial charge in [0.15, 0.2) is 0 Å². The van der Waals surface area contributed by atoms with Crippen molar-refractivity contribution in [2.75, 3.05) is 10.6 Å². The minimum atomic E-state index is -5.08. The van der Waals surface area contributed by atoms with Crippen LogP contribution in [0, 0.1) is 0 Å². The van der Waals surface area contributed by atoms with Crippen LogP contribution in [0.3, 0.4) is 0 Å². The normalized spacial score (nSPS) is 19.5. The van der Waals surface area contributed by atoms with Crippen LogP contribution in [-0.2, 0) is 4.79 Å². The molecule has 0 unspecified atom stereocenters. The van der Waals surface area contributed by atoms with Gasteiger partial charge in [0, 0.05) is 6.42 Å². The summed E-state index contributed by atoms with van der Waals surface area (Å²) in [5.41, 5.74) is 7.08. The quantitative estimate of drug-likeness (QED) is 0.363. The van der Waals surface area contributed by atoms with Crippen LogP contribution in [-0.4, -0.2) is 55.8 Å². The molecular formula is C19H18ClF5N6O3S. The molecule has 1 amide bonds. The molecule has 16 heteroatoms. The Balaban J connectivity index is 0.000000429. The van der Waals surface area contributed by atoms with Crippen LogP contribution in [0.2, 0.25) is 4.34 Å². The number of fused-ring (bicyclic) bond motifs is 1. The molecule has 0 saturated heterocycles. The first-order valence-electron chi connectivity index (χ1n) is 9.89. The van der Waals surface area contributed by atoms with Crippen molar-refractivity contribution < 1.29 is 36.6 Å². The summed E-state index contributed by atoms with van der Waals surface area (Å²) in [6.45, 7) is 0. The number of aromatic nitrogens is 3. The molecule has 0 aliphatic heterocycles. The second-order valence-electron chi connectivity index (χ2n) is 7.43. The number of aliphatic carboxylic acids is 1. The summed E-state index contributed by atoms with van der Waals surface area (Å²) in [5.74, 6) is -5.96. The summed E-state index contributed by atoms with van der Waals surface area (Å²) in [5, 5.41) is 18.8. The van der Waals surface area contributed by atoms with Crippen LogP contribution in [0.4, 0.5) is 33.6 Å². The molecule has 3 aromatic rings. The number of nitrogens with two attached hydrogens (primary N) is 1. The van der Waals surface area contributed by atoms with E-state index in [4.69, 9.17) is 27.2 Å². The van der Waals surface area contributed by atoms with Crippen molar-refractivity contribution in [1.29, 1.82) is 0 Å². The molecule has 2 atom stereocenters. The van der Waals surface area contributed by atoms with Crippen molar-refractivity contribution in [3.8, 4) is 0 Å². The third-order valence-corrected chi connectivity index (χ3v) is 6.17. The molecule has 3 aromatic heterocycles. The number of anilines is 2. The Morgan fingerprint density at radius 2 is 1.97 bits per heavy atom. The van der Waals surface area contributed by atoms with Crippen LogP contribution >= 0.6 is 22.9 Å². The zero-order valence-electron chi connectivity index (χ0n) is 17.5. The molecular weight excluding hydrogens is 523 g/mol. The van der Waals surface area contributed by atoms with Gasteiger partial charge in [0.25, 0.3) is 11.8 Å². The average Bonchev–Trinajstić information content (AvgIpc) is 3.37. The Morgan fingerprint density at radius 1 is 1.29 bits per heavy atom. The van der Waals surface area contributed by atoms with Crippen molar-refractivity contribution in [1.82, 2.24) is 14.6 Å². The van der Waals surface area contributed by atoms with E-state index >= 15 is 0 Å². The fraction of sp³-hybridized carbons (Fsp3) is 0.368. The number of thiophene rings is 1. The van der Waals surface area contributed by atoms with Crippen LogP contribution in [0.1, 0.15) is 29.8 Å². The Bertz CT molecular complexity index is 1220. The Morgan fingerprint density at radius 3 is 2.57 bits per heavy atom. The molecule has 0 aromatic carbocycles. The smallest absolute Gasteiger partial charge is 0.475 e. The van der Waals surface area contributed by atoms with E-state index in [9.17, 15) is 26.7 Å². The second kappa shape index (κ2) is 10.3. The number of carbonyl (C=O) groups excluding carboxylic acids is 1. The summed E-state index contributed by atoms with van der Waals surface area (Å²) in [6.07, 6.45) is -2.94. The first kappa shape index (κ1) is 26.6. The van der Waals surface area contributed by atoms with E-state index in [1.165, 1.54) is 22.0 Å². The largest absolute Gasteiger partial charge is 0.490 e. The SMILES string of the molecule is N[C@@H]1[C@H](Nc2ncc3ccc(C(=O)Nc4ccsc4Cl)n3n2)CCCC1(F)F.O=C(O)C(F)(F)F. The number of halogens is 6. The first-order chi connectivity index (χ1) is 16.3. The Hall–Kier alpha value is -3.04. The van der Waals surface area contributed by atoms with Crippen molar-refractivity contribution in [3.05, 3.63) is 39.8 Å². The average molecular weight is 541 g/mol. The van der Waals surface area contributed by atoms with E-state index in [1.807, 2.05) is 0 Å². The van der Waals surface area contributed by atoms with Gasteiger partial charge < -0.3 is 21.5 Å². The minimum Gasteiger partial charge on any atom is -0.475 e. The molecule has 1 aliphatic carbocycles. The van der Waals surface area contributed by atoms with Crippen LogP contribution in [0.15, 0.2) is 29.8 Å². The van der Waals surface area contributed by atoms with Crippen molar-refractivity contribution in [3.63, 3.8) is 0 Å². The fourth-order valence-corrected chi connectivity index (χ4v) is 4.07. The number of carboxylic acids is 1. The lowest BCUT2D eigenvalue weighted by molar-refractivity contribution is -0.192. The molecule has 4 rings (SSSR count). The zero-order chi connectivity index (χ0) is 26.0. The summed E-state index contributed by atoms with van der Waals surface area (Å²) in [6, 6.07) is 3.01. The third-order valence-electron chi connectivity index (χ3n) is 5.00. The highest BCUT2D eigenvalue weighted by Crippen LogP contribution is 2.33. The standard InChI is InChI=1S/C17H17ClF2N6OS.C2HF3O2/c18-14-11(5-7-28-14)23-15(27)12-4-3-9-8-22-16(25-26(9)12)24-10-2-1-6-17(19,20)13(10)21;3-2(4,5)1(6)7/h3-5,7-8,10,13H,1-2,6,21H2,(H,23,27)(H,24,25);(H,6,7)/t10-,13-;/m1./s1. The van der Waals surface area contributed by atoms with Gasteiger partial charge in [-0.3, -0.25) is 4.79 Å². The number of alkyl halides is 5. The lowest BCUT2D eigenvalue weighted by atomic mass is 9.87. The molecule has 0 bridgehead atoms. The molecule has 0 radical (unpaired) electrons. The zero-order valence-corrected chi connectivity index (χ0v) is 19.1. The topological polar surface area (TPSA) is 135 Å². The molecule has 1 saturated carbocycles. The summed E-state index contributed by atoms with van der Waals surface area (Å²) in [7, 11) is 0. The van der Waals surface area contributed by atoms with Crippen molar-refractivity contribution in [2.45, 2.75) is 43.4 Å². The maximum atomic E-state index is 13.9. The van der Waals surface area contributed by atoms with Gasteiger partial charge in [-0.2, -0.15) is 13.2 Å². The van der Waals surface area contributed by atoms with E-state index in [0.717, 1.165) is 0 Å². The molecule has 5 N–H and O–H groups in total. The molecule has 35 heavy (non-hydrogen) atoms. The van der Waals surface area contributed by atoms with E-state index in [-0.39, 0.29) is 18.1 Å². The number of carbonyl (C=O) groups is 2. The highest BCUT2D eigenvalue weighted by molar-refractivity contribution is 7.15. The predicted octanol–water partition coefficient (Wildman–Crippen LogP) is 4.26. The van der Waals surface area contributed by atoms with Crippen LogP contribution < -0.4 is 16.4 Å². The summed E-state index contributed by atoms with van der Waals surface area (Å²) >= 11 is 7.33. The molecule has 0 spiro atoms. The molecule has 3 heterocycles. The molecule has 1 fully saturated rings. The number of hydrogen-bond donors (Lipinski definition) is 4. The number of rotatable bonds is 4. The number of hydrogen-bond acceptors (Lipinski definition) is 7. The molecule has 190 valence electrons. The van der Waals surface area contributed by atoms with Gasteiger partial charge in [-0.1, -0.05) is 11.6 Å². The van der Waals surface area contributed by atoms with E-state index in [2.05, 4.69) is 20.7 Å². The van der Waals surface area contributed by atoms with Gasteiger partial charge in [0.05, 0.1) is 29.5 Å². The van der Waals surface area contributed by atoms with Gasteiger partial charge in [0.2, 0.25) is 5.95 Å². The lowest BCUT2D eigenvalue weighted by Crippen LogP contribution is -2.55. The highest BCUT2D eigenvalue weighted by atomic mass is 35.5. The van der Waals surface area contributed by atoms with Gasteiger partial charge in [-0.05, 0) is 36.4 Å². The maximum Gasteiger partial charge on any atom is 0.490 e. The number of amides is 1. The van der Waals surface area contributed by atoms with Crippen LogP contribution in [0.25, 0.3) is 5.52 Å². The minimum absolute atomic E-state index is 0.129. The van der Waals surface area contributed by atoms with Gasteiger partial charge in [0.1, 0.15) is 10.0 Å².